The van der Waals surface area contributed by atoms with E-state index in [1.165, 1.54) is 6.07 Å². The quantitative estimate of drug-likeness (QED) is 0.356. The molecule has 3 aromatic carbocycles. The number of phenolic OH excluding ortho intramolecular Hbond substituents is 1. The highest BCUT2D eigenvalue weighted by Crippen LogP contribution is 2.55. The number of rotatable bonds is 5. The highest BCUT2D eigenvalue weighted by atomic mass is 31.2. The van der Waals surface area contributed by atoms with Crippen LogP contribution in [0.5, 0.6) is 11.5 Å². The number of hydrogen-bond donors (Lipinski definition) is 2. The molecule has 146 valence electrons. The molecular weight excluding hydrogens is 383 g/mol. The number of aliphatic hydroxyl groups excluding tert-OH is 1. The minimum atomic E-state index is -3.64. The lowest BCUT2D eigenvalue weighted by molar-refractivity contribution is 0.396. The first-order chi connectivity index (χ1) is 14.0. The molecule has 0 spiro atoms. The van der Waals surface area contributed by atoms with Gasteiger partial charge in [-0.3, -0.25) is 4.57 Å². The molecule has 0 fully saturated rings. The molecule has 4 rings (SSSR count). The summed E-state index contributed by atoms with van der Waals surface area (Å²) in [6.45, 7) is 7.35. The molecule has 3 aromatic rings. The normalized spacial score (nSPS) is 17.0. The molecule has 1 aliphatic heterocycles. The maximum absolute atomic E-state index is 14.6. The number of hydrogen-bond acceptors (Lipinski definition) is 4. The predicted molar refractivity (Wildman–Crippen MR) is 117 cm³/mol. The van der Waals surface area contributed by atoms with Gasteiger partial charge in [0.2, 0.25) is 0 Å². The zero-order chi connectivity index (χ0) is 20.6. The van der Waals surface area contributed by atoms with Crippen LogP contribution >= 0.6 is 7.37 Å². The second-order valence-electron chi connectivity index (χ2n) is 6.96. The van der Waals surface area contributed by atoms with Crippen molar-refractivity contribution in [3.8, 4) is 22.6 Å². The molecule has 1 unspecified atom stereocenters. The number of benzene rings is 3. The summed E-state index contributed by atoms with van der Waals surface area (Å²) >= 11 is 0. The van der Waals surface area contributed by atoms with Crippen LogP contribution in [0.1, 0.15) is 11.1 Å². The van der Waals surface area contributed by atoms with Crippen molar-refractivity contribution in [1.82, 2.24) is 0 Å². The van der Waals surface area contributed by atoms with Crippen LogP contribution < -0.4 is 15.1 Å². The van der Waals surface area contributed by atoms with Gasteiger partial charge < -0.3 is 14.7 Å². The van der Waals surface area contributed by atoms with Gasteiger partial charge in [-0.1, -0.05) is 55.1 Å². The minimum absolute atomic E-state index is 0.0245. The van der Waals surface area contributed by atoms with Crippen LogP contribution in [0.2, 0.25) is 0 Å². The lowest BCUT2D eigenvalue weighted by atomic mass is 10.0. The third-order valence-electron chi connectivity index (χ3n) is 5.01. The first-order valence-electron chi connectivity index (χ1n) is 9.26. The Balaban J connectivity index is 2.07. The molecule has 4 nitrogen and oxygen atoms in total. The summed E-state index contributed by atoms with van der Waals surface area (Å²) in [4.78, 5) is 0. The minimum Gasteiger partial charge on any atom is -0.513 e. The average Bonchev–Trinajstić information content (AvgIpc) is 2.70. The van der Waals surface area contributed by atoms with Crippen LogP contribution in [0.3, 0.4) is 0 Å². The molecule has 29 heavy (non-hydrogen) atoms. The maximum atomic E-state index is 14.6. The van der Waals surface area contributed by atoms with E-state index >= 15 is 0 Å². The molecule has 0 saturated heterocycles. The standard InChI is InChI=1S/C24H21O4P/c1-3-8-17-13-14-21(26)20(15-16(2)25)24(17)29(27)23-12-7-5-10-19(23)18-9-4-6-11-22(18)28-29/h3-7,9-14,25-26H,1-2,8,15H2. The second-order valence-corrected chi connectivity index (χ2v) is 9.18. The van der Waals surface area contributed by atoms with E-state index in [9.17, 15) is 14.8 Å². The number of aromatic hydroxyl groups is 1. The van der Waals surface area contributed by atoms with Crippen molar-refractivity contribution in [1.29, 1.82) is 0 Å². The van der Waals surface area contributed by atoms with Gasteiger partial charge in [-0.15, -0.1) is 6.58 Å². The van der Waals surface area contributed by atoms with E-state index in [0.29, 0.717) is 28.3 Å². The van der Waals surface area contributed by atoms with Crippen LogP contribution in [0.15, 0.2) is 85.7 Å². The van der Waals surface area contributed by atoms with Crippen molar-refractivity contribution < 1.29 is 19.3 Å². The van der Waals surface area contributed by atoms with Crippen molar-refractivity contribution in [3.05, 3.63) is 96.8 Å². The first-order valence-corrected chi connectivity index (χ1v) is 10.9. The molecule has 0 bridgehead atoms. The Morgan fingerprint density at radius 2 is 1.72 bits per heavy atom. The van der Waals surface area contributed by atoms with E-state index in [1.807, 2.05) is 36.4 Å². The monoisotopic (exact) mass is 404 g/mol. The van der Waals surface area contributed by atoms with E-state index in [4.69, 9.17) is 4.52 Å². The molecule has 0 saturated carbocycles. The van der Waals surface area contributed by atoms with Crippen LogP contribution in [0, 0.1) is 0 Å². The zero-order valence-electron chi connectivity index (χ0n) is 15.8. The van der Waals surface area contributed by atoms with Gasteiger partial charge in [0.25, 0.3) is 0 Å². The van der Waals surface area contributed by atoms with Crippen molar-refractivity contribution in [2.75, 3.05) is 0 Å². The van der Waals surface area contributed by atoms with Gasteiger partial charge in [0.05, 0.1) is 16.4 Å². The summed E-state index contributed by atoms with van der Waals surface area (Å²) in [5.74, 6) is 0.337. The third-order valence-corrected chi connectivity index (χ3v) is 7.63. The maximum Gasteiger partial charge on any atom is 0.308 e. The number of fused-ring (bicyclic) bond motifs is 3. The Kier molecular flexibility index (Phi) is 4.81. The van der Waals surface area contributed by atoms with E-state index in [1.54, 1.807) is 24.3 Å². The summed E-state index contributed by atoms with van der Waals surface area (Å²) < 4.78 is 20.8. The average molecular weight is 404 g/mol. The van der Waals surface area contributed by atoms with Crippen molar-refractivity contribution in [2.24, 2.45) is 0 Å². The van der Waals surface area contributed by atoms with Crippen LogP contribution in [-0.2, 0) is 17.4 Å². The van der Waals surface area contributed by atoms with Crippen LogP contribution in [-0.4, -0.2) is 10.2 Å². The summed E-state index contributed by atoms with van der Waals surface area (Å²) in [6.07, 6.45) is 2.13. The lowest BCUT2D eigenvalue weighted by Gasteiger charge is -2.31. The molecule has 5 heteroatoms. The fourth-order valence-corrected chi connectivity index (χ4v) is 6.57. The van der Waals surface area contributed by atoms with Crippen molar-refractivity contribution >= 4 is 18.0 Å². The molecule has 0 aliphatic carbocycles. The Morgan fingerprint density at radius 3 is 2.45 bits per heavy atom. The highest BCUT2D eigenvalue weighted by molar-refractivity contribution is 7.75. The van der Waals surface area contributed by atoms with Crippen molar-refractivity contribution in [3.63, 3.8) is 0 Å². The molecule has 0 amide bonds. The third kappa shape index (κ3) is 3.16. The van der Waals surface area contributed by atoms with Gasteiger partial charge in [0, 0.05) is 17.5 Å². The number of allylic oxidation sites excluding steroid dienone is 2. The summed E-state index contributed by atoms with van der Waals surface area (Å²) in [5.41, 5.74) is 2.79. The lowest BCUT2D eigenvalue weighted by Crippen LogP contribution is -2.30. The summed E-state index contributed by atoms with van der Waals surface area (Å²) in [6, 6.07) is 18.2. The van der Waals surface area contributed by atoms with Crippen molar-refractivity contribution in [2.45, 2.75) is 12.8 Å². The smallest absolute Gasteiger partial charge is 0.308 e. The molecule has 1 heterocycles. The fraction of sp³-hybridized carbons (Fsp3) is 0.0833. The fourth-order valence-electron chi connectivity index (χ4n) is 3.82. The molecule has 1 aliphatic rings. The predicted octanol–water partition coefficient (Wildman–Crippen LogP) is 5.02. The molecular formula is C24H21O4P. The zero-order valence-corrected chi connectivity index (χ0v) is 16.7. The van der Waals surface area contributed by atoms with Crippen LogP contribution in [0.4, 0.5) is 0 Å². The summed E-state index contributed by atoms with van der Waals surface area (Å²) in [7, 11) is -3.64. The Labute approximate surface area is 169 Å². The first kappa shape index (κ1) is 19.1. The molecule has 0 aromatic heterocycles. The van der Waals surface area contributed by atoms with Gasteiger partial charge in [-0.25, -0.2) is 0 Å². The number of aliphatic hydroxyl groups is 1. The topological polar surface area (TPSA) is 66.8 Å². The second kappa shape index (κ2) is 7.31. The molecule has 2 N–H and O–H groups in total. The van der Waals surface area contributed by atoms with Gasteiger partial charge in [0.1, 0.15) is 11.5 Å². The Bertz CT molecular complexity index is 1180. The van der Waals surface area contributed by atoms with E-state index in [2.05, 4.69) is 13.2 Å². The molecule has 0 radical (unpaired) electrons. The van der Waals surface area contributed by atoms with E-state index in [-0.39, 0.29) is 17.9 Å². The Morgan fingerprint density at radius 1 is 1.03 bits per heavy atom. The SMILES string of the molecule is C=CCc1ccc(O)c(CC(=C)O)c1P1(=O)Oc2ccccc2-c2ccccc21. The highest BCUT2D eigenvalue weighted by Gasteiger charge is 2.41. The largest absolute Gasteiger partial charge is 0.513 e. The van der Waals surface area contributed by atoms with Gasteiger partial charge in [0.15, 0.2) is 0 Å². The Hall–Kier alpha value is -3.23. The van der Waals surface area contributed by atoms with Gasteiger partial charge in [-0.05, 0) is 35.7 Å². The van der Waals surface area contributed by atoms with Gasteiger partial charge in [-0.2, -0.15) is 0 Å². The van der Waals surface area contributed by atoms with E-state index in [0.717, 1.165) is 16.7 Å². The number of para-hydroxylation sites is 1. The molecule has 1 atom stereocenters. The van der Waals surface area contributed by atoms with Crippen LogP contribution in [0.25, 0.3) is 11.1 Å². The summed E-state index contributed by atoms with van der Waals surface area (Å²) in [5, 5.41) is 21.4. The number of phenols is 1. The van der Waals surface area contributed by atoms with E-state index < -0.39 is 7.37 Å². The van der Waals surface area contributed by atoms with Gasteiger partial charge >= 0.3 is 7.37 Å².